The highest BCUT2D eigenvalue weighted by Crippen LogP contribution is 2.37. The second-order valence-electron chi connectivity index (χ2n) is 9.18. The first-order chi connectivity index (χ1) is 17.3. The number of nitriles is 1. The van der Waals surface area contributed by atoms with Crippen molar-refractivity contribution in [2.75, 3.05) is 37.7 Å². The quantitative estimate of drug-likeness (QED) is 0.312. The van der Waals surface area contributed by atoms with E-state index in [0.29, 0.717) is 65.4 Å². The van der Waals surface area contributed by atoms with E-state index in [0.717, 1.165) is 19.3 Å². The molecule has 1 aromatic heterocycles. The number of nitrogens with zero attached hydrogens (tertiary/aromatic N) is 4. The Balaban J connectivity index is 1.74. The molecule has 2 atom stereocenters. The van der Waals surface area contributed by atoms with Gasteiger partial charge in [0.25, 0.3) is 11.5 Å². The number of hydrogen-bond donors (Lipinski definition) is 0. The Hall–Kier alpha value is -2.68. The van der Waals surface area contributed by atoms with Crippen molar-refractivity contribution in [2.45, 2.75) is 45.6 Å². The van der Waals surface area contributed by atoms with Crippen LogP contribution in [0, 0.1) is 24.2 Å². The fraction of sp³-hybridized carbons (Fsp3) is 0.560. The molecule has 0 N–H and O–H groups in total. The summed E-state index contributed by atoms with van der Waals surface area (Å²) in [4.78, 5) is 42.8. The maximum absolute atomic E-state index is 13.3. The number of carbonyl (C=O) groups is 2. The number of ether oxygens (including phenoxy) is 2. The van der Waals surface area contributed by atoms with E-state index < -0.39 is 5.56 Å². The highest BCUT2D eigenvalue weighted by molar-refractivity contribution is 8.26. The lowest BCUT2D eigenvalue weighted by Crippen LogP contribution is -2.42. The number of esters is 1. The number of thiocarbonyl (C=S) groups is 1. The lowest BCUT2D eigenvalue weighted by atomic mass is 9.96. The van der Waals surface area contributed by atoms with Crippen LogP contribution in [-0.2, 0) is 26.1 Å². The molecule has 11 heteroatoms. The SMILES string of the molecule is CCOC(=O)C1CCCN(c2c(/C=C3\SC(=S)N(CC4CCCO4)C3=O)c(C)c(C#N)c(=O)n2C)C1. The summed E-state index contributed by atoms with van der Waals surface area (Å²) in [6.07, 6.45) is 5.01. The zero-order chi connectivity index (χ0) is 26.0. The molecule has 3 aliphatic rings. The number of anilines is 1. The molecule has 3 saturated heterocycles. The Morgan fingerprint density at radius 3 is 2.78 bits per heavy atom. The number of hydrogen-bond acceptors (Lipinski definition) is 9. The van der Waals surface area contributed by atoms with Crippen LogP contribution in [0.4, 0.5) is 5.82 Å². The van der Waals surface area contributed by atoms with E-state index in [-0.39, 0.29) is 29.5 Å². The van der Waals surface area contributed by atoms with Crippen LogP contribution in [0.1, 0.15) is 49.3 Å². The van der Waals surface area contributed by atoms with Gasteiger partial charge in [-0.25, -0.2) is 0 Å². The van der Waals surface area contributed by atoms with Gasteiger partial charge in [-0.2, -0.15) is 5.26 Å². The number of pyridine rings is 1. The smallest absolute Gasteiger partial charge is 0.310 e. The van der Waals surface area contributed by atoms with Crippen LogP contribution in [0.2, 0.25) is 0 Å². The monoisotopic (exact) mass is 530 g/mol. The van der Waals surface area contributed by atoms with Gasteiger partial charge in [0.15, 0.2) is 0 Å². The van der Waals surface area contributed by atoms with Crippen molar-refractivity contribution >= 4 is 52.1 Å². The van der Waals surface area contributed by atoms with Gasteiger partial charge >= 0.3 is 5.97 Å². The van der Waals surface area contributed by atoms with E-state index >= 15 is 0 Å². The third-order valence-electron chi connectivity index (χ3n) is 6.87. The summed E-state index contributed by atoms with van der Waals surface area (Å²) in [5.74, 6) is -0.201. The molecule has 0 radical (unpaired) electrons. The zero-order valence-electron chi connectivity index (χ0n) is 20.7. The van der Waals surface area contributed by atoms with E-state index in [9.17, 15) is 19.6 Å². The molecular formula is C25H30N4O5S2. The standard InChI is InChI=1S/C25H30N4O5S2/c1-4-33-24(32)16-7-5-9-28(13-16)21-18(15(2)19(12-26)22(30)27(21)3)11-20-23(31)29(25(35)36-20)14-17-8-6-10-34-17/h11,16-17H,4-10,13-14H2,1-3H3/b20-11-. The van der Waals surface area contributed by atoms with E-state index in [2.05, 4.69) is 0 Å². The third-order valence-corrected chi connectivity index (χ3v) is 8.25. The second kappa shape index (κ2) is 11.2. The second-order valence-corrected chi connectivity index (χ2v) is 10.9. The molecule has 36 heavy (non-hydrogen) atoms. The van der Waals surface area contributed by atoms with Crippen LogP contribution in [0.5, 0.6) is 0 Å². The molecule has 192 valence electrons. The number of rotatable bonds is 6. The van der Waals surface area contributed by atoms with Gasteiger partial charge in [0.2, 0.25) is 0 Å². The molecule has 0 bridgehead atoms. The minimum atomic E-state index is -0.411. The normalized spacial score (nSPS) is 23.4. The van der Waals surface area contributed by atoms with E-state index in [1.165, 1.54) is 16.3 Å². The third kappa shape index (κ3) is 5.08. The molecule has 0 saturated carbocycles. The Morgan fingerprint density at radius 2 is 2.11 bits per heavy atom. The van der Waals surface area contributed by atoms with Gasteiger partial charge in [0.05, 0.1) is 30.1 Å². The van der Waals surface area contributed by atoms with Gasteiger partial charge in [0.1, 0.15) is 21.8 Å². The van der Waals surface area contributed by atoms with Gasteiger partial charge in [-0.3, -0.25) is 23.9 Å². The lowest BCUT2D eigenvalue weighted by Gasteiger charge is -2.35. The molecule has 4 heterocycles. The van der Waals surface area contributed by atoms with Crippen molar-refractivity contribution in [3.8, 4) is 6.07 Å². The summed E-state index contributed by atoms with van der Waals surface area (Å²) in [7, 11) is 1.62. The Bertz CT molecular complexity index is 1210. The summed E-state index contributed by atoms with van der Waals surface area (Å²) in [5.41, 5.74) is 0.724. The van der Waals surface area contributed by atoms with Crippen molar-refractivity contribution in [1.29, 1.82) is 5.26 Å². The number of aromatic nitrogens is 1. The average Bonchev–Trinajstić information content (AvgIpc) is 3.47. The first-order valence-corrected chi connectivity index (χ1v) is 13.4. The minimum absolute atomic E-state index is 0.0277. The maximum Gasteiger partial charge on any atom is 0.310 e. The van der Waals surface area contributed by atoms with Crippen molar-refractivity contribution in [1.82, 2.24) is 9.47 Å². The molecule has 9 nitrogen and oxygen atoms in total. The van der Waals surface area contributed by atoms with Crippen LogP contribution in [0.15, 0.2) is 9.70 Å². The Kier molecular flexibility index (Phi) is 8.17. The highest BCUT2D eigenvalue weighted by atomic mass is 32.2. The molecule has 0 spiro atoms. The largest absolute Gasteiger partial charge is 0.466 e. The van der Waals surface area contributed by atoms with Crippen LogP contribution >= 0.6 is 24.0 Å². The number of carbonyl (C=O) groups excluding carboxylic acids is 2. The minimum Gasteiger partial charge on any atom is -0.466 e. The predicted octanol–water partition coefficient (Wildman–Crippen LogP) is 2.73. The number of amides is 1. The van der Waals surface area contributed by atoms with E-state index in [1.807, 2.05) is 11.0 Å². The first-order valence-electron chi connectivity index (χ1n) is 12.2. The van der Waals surface area contributed by atoms with Crippen LogP contribution in [-0.4, -0.2) is 64.6 Å². The summed E-state index contributed by atoms with van der Waals surface area (Å²) in [5, 5.41) is 9.71. The van der Waals surface area contributed by atoms with Crippen LogP contribution in [0.3, 0.4) is 0 Å². The summed E-state index contributed by atoms with van der Waals surface area (Å²) >= 11 is 6.71. The summed E-state index contributed by atoms with van der Waals surface area (Å²) < 4.78 is 12.8. The predicted molar refractivity (Wildman–Crippen MR) is 142 cm³/mol. The molecule has 3 aliphatic heterocycles. The molecular weight excluding hydrogens is 500 g/mol. The fourth-order valence-corrected chi connectivity index (χ4v) is 6.25. The molecule has 3 fully saturated rings. The molecule has 0 aromatic carbocycles. The summed E-state index contributed by atoms with van der Waals surface area (Å²) in [6, 6.07) is 2.02. The topological polar surface area (TPSA) is 105 Å². The van der Waals surface area contributed by atoms with Crippen molar-refractivity contribution in [3.63, 3.8) is 0 Å². The van der Waals surface area contributed by atoms with Gasteiger partial charge in [0, 0.05) is 32.3 Å². The summed E-state index contributed by atoms with van der Waals surface area (Å²) in [6.45, 7) is 5.93. The van der Waals surface area contributed by atoms with Gasteiger partial charge in [-0.1, -0.05) is 24.0 Å². The molecule has 1 aromatic rings. The van der Waals surface area contributed by atoms with Crippen LogP contribution < -0.4 is 10.5 Å². The molecule has 0 aliphatic carbocycles. The van der Waals surface area contributed by atoms with Gasteiger partial charge in [-0.15, -0.1) is 0 Å². The van der Waals surface area contributed by atoms with Crippen molar-refractivity contribution in [3.05, 3.63) is 31.9 Å². The number of thioether (sulfide) groups is 1. The van der Waals surface area contributed by atoms with Crippen molar-refractivity contribution in [2.24, 2.45) is 13.0 Å². The highest BCUT2D eigenvalue weighted by Gasteiger charge is 2.36. The lowest BCUT2D eigenvalue weighted by molar-refractivity contribution is -0.148. The molecule has 1 amide bonds. The fourth-order valence-electron chi connectivity index (χ4n) is 5.00. The Labute approximate surface area is 220 Å². The van der Waals surface area contributed by atoms with Gasteiger partial charge in [-0.05, 0) is 51.2 Å². The average molecular weight is 531 g/mol. The van der Waals surface area contributed by atoms with E-state index in [1.54, 1.807) is 31.9 Å². The zero-order valence-corrected chi connectivity index (χ0v) is 22.4. The van der Waals surface area contributed by atoms with Gasteiger partial charge < -0.3 is 14.4 Å². The van der Waals surface area contributed by atoms with E-state index in [4.69, 9.17) is 21.7 Å². The van der Waals surface area contributed by atoms with Crippen molar-refractivity contribution < 1.29 is 19.1 Å². The first kappa shape index (κ1) is 26.4. The maximum atomic E-state index is 13.3. The van der Waals surface area contributed by atoms with Crippen LogP contribution in [0.25, 0.3) is 6.08 Å². The number of piperidine rings is 1. The molecule has 2 unspecified atom stereocenters. The Morgan fingerprint density at radius 1 is 1.33 bits per heavy atom. The molecule has 4 rings (SSSR count).